The highest BCUT2D eigenvalue weighted by Crippen LogP contribution is 2.33. The van der Waals surface area contributed by atoms with Crippen molar-refractivity contribution in [3.8, 4) is 0 Å². The second-order valence-corrected chi connectivity index (χ2v) is 5.31. The Morgan fingerprint density at radius 1 is 1.24 bits per heavy atom. The van der Waals surface area contributed by atoms with E-state index in [1.807, 2.05) is 0 Å². The summed E-state index contributed by atoms with van der Waals surface area (Å²) >= 11 is 0. The molecule has 0 saturated carbocycles. The molecule has 3 saturated heterocycles. The molecule has 0 radical (unpaired) electrons. The molecule has 3 heterocycles. The summed E-state index contributed by atoms with van der Waals surface area (Å²) in [4.78, 5) is 23.9. The van der Waals surface area contributed by atoms with E-state index in [2.05, 4.69) is 6.92 Å². The molecule has 3 aliphatic heterocycles. The van der Waals surface area contributed by atoms with Gasteiger partial charge in [-0.3, -0.25) is 4.79 Å². The molecule has 3 rings (SSSR count). The molecule has 0 aromatic rings. The molecule has 96 valence electrons. The van der Waals surface area contributed by atoms with Crippen LogP contribution in [0.5, 0.6) is 0 Å². The number of fused-ring (bicyclic) bond motifs is 2. The lowest BCUT2D eigenvalue weighted by Crippen LogP contribution is -2.69. The van der Waals surface area contributed by atoms with Crippen molar-refractivity contribution in [1.82, 2.24) is 5.01 Å². The Kier molecular flexibility index (Phi) is 4.13. The molecule has 3 aliphatic rings. The standard InChI is InChI=1S/C13H23N2O2/c1-2-3-4-5-6-7-8-11-9-10-14-13(16)12(11)15(14)17/h11-12H,2-10H2,1H3/q+1. The highest BCUT2D eigenvalue weighted by molar-refractivity contribution is 5.83. The molecule has 17 heavy (non-hydrogen) atoms. The molecule has 0 spiro atoms. The van der Waals surface area contributed by atoms with Gasteiger partial charge in [0.25, 0.3) is 0 Å². The van der Waals surface area contributed by atoms with Gasteiger partial charge in [-0.05, 0) is 12.8 Å². The van der Waals surface area contributed by atoms with E-state index in [4.69, 9.17) is 0 Å². The Balaban J connectivity index is 1.63. The van der Waals surface area contributed by atoms with Crippen molar-refractivity contribution in [3.63, 3.8) is 0 Å². The summed E-state index contributed by atoms with van der Waals surface area (Å²) in [5.41, 5.74) is 0. The van der Waals surface area contributed by atoms with Gasteiger partial charge in [-0.2, -0.15) is 0 Å². The van der Waals surface area contributed by atoms with Crippen LogP contribution in [0.3, 0.4) is 0 Å². The molecular weight excluding hydrogens is 216 g/mol. The first-order chi connectivity index (χ1) is 8.25. The molecule has 2 atom stereocenters. The van der Waals surface area contributed by atoms with Gasteiger partial charge in [-0.15, -0.1) is 0 Å². The number of hydrogen-bond donors (Lipinski definition) is 0. The molecule has 2 bridgehead atoms. The fourth-order valence-corrected chi connectivity index (χ4v) is 2.96. The second kappa shape index (κ2) is 5.61. The number of rotatable bonds is 7. The first-order valence-electron chi connectivity index (χ1n) is 7.03. The third-order valence-corrected chi connectivity index (χ3v) is 4.07. The number of carbonyl (C=O) groups is 1. The molecular formula is C13H23N2O2+. The third-order valence-electron chi connectivity index (χ3n) is 4.07. The van der Waals surface area contributed by atoms with Crippen LogP contribution in [0.15, 0.2) is 0 Å². The Bertz CT molecular complexity index is 288. The van der Waals surface area contributed by atoms with Gasteiger partial charge < -0.3 is 0 Å². The van der Waals surface area contributed by atoms with E-state index in [1.165, 1.54) is 43.5 Å². The van der Waals surface area contributed by atoms with Gasteiger partial charge in [0, 0.05) is 5.92 Å². The fraction of sp³-hybridized carbons (Fsp3) is 0.923. The summed E-state index contributed by atoms with van der Waals surface area (Å²) in [7, 11) is 0. The smallest absolute Gasteiger partial charge is 0.261 e. The minimum absolute atomic E-state index is 0.0576. The van der Waals surface area contributed by atoms with Gasteiger partial charge in [0.2, 0.25) is 0 Å². The summed E-state index contributed by atoms with van der Waals surface area (Å²) in [6.45, 7) is 2.86. The van der Waals surface area contributed by atoms with E-state index in [0.29, 0.717) is 12.5 Å². The number of nitroso groups, excluding NO2 is 1. The second-order valence-electron chi connectivity index (χ2n) is 5.31. The van der Waals surface area contributed by atoms with Crippen LogP contribution in [-0.4, -0.2) is 28.4 Å². The van der Waals surface area contributed by atoms with Crippen LogP contribution in [0.4, 0.5) is 0 Å². The van der Waals surface area contributed by atoms with E-state index >= 15 is 0 Å². The van der Waals surface area contributed by atoms with Crippen molar-refractivity contribution < 1.29 is 9.66 Å². The molecule has 1 amide bonds. The third kappa shape index (κ3) is 2.50. The van der Waals surface area contributed by atoms with Crippen molar-refractivity contribution >= 4 is 5.91 Å². The van der Waals surface area contributed by atoms with E-state index < -0.39 is 0 Å². The van der Waals surface area contributed by atoms with Gasteiger partial charge >= 0.3 is 11.9 Å². The zero-order chi connectivity index (χ0) is 12.3. The Morgan fingerprint density at radius 3 is 2.59 bits per heavy atom. The maximum Gasteiger partial charge on any atom is 0.357 e. The highest BCUT2D eigenvalue weighted by Gasteiger charge is 2.63. The lowest BCUT2D eigenvalue weighted by molar-refractivity contribution is -0.766. The maximum absolute atomic E-state index is 11.5. The molecule has 0 aromatic carbocycles. The van der Waals surface area contributed by atoms with Crippen LogP contribution in [-0.2, 0) is 4.79 Å². The average Bonchev–Trinajstić information content (AvgIpc) is 2.34. The van der Waals surface area contributed by atoms with Gasteiger partial charge in [-0.1, -0.05) is 50.5 Å². The Morgan fingerprint density at radius 2 is 1.94 bits per heavy atom. The van der Waals surface area contributed by atoms with Crippen molar-refractivity contribution in [2.24, 2.45) is 5.92 Å². The first-order valence-corrected chi connectivity index (χ1v) is 7.03. The van der Waals surface area contributed by atoms with Gasteiger partial charge in [-0.25, -0.2) is 0 Å². The van der Waals surface area contributed by atoms with Crippen molar-refractivity contribution in [3.05, 3.63) is 4.91 Å². The highest BCUT2D eigenvalue weighted by atomic mass is 16.4. The summed E-state index contributed by atoms with van der Waals surface area (Å²) in [5.74, 6) is 0.374. The van der Waals surface area contributed by atoms with Crippen molar-refractivity contribution in [1.29, 1.82) is 0 Å². The Labute approximate surface area is 103 Å². The van der Waals surface area contributed by atoms with Gasteiger partial charge in [0.05, 0.1) is 11.5 Å². The summed E-state index contributed by atoms with van der Waals surface area (Å²) in [6.07, 6.45) is 9.72. The summed E-state index contributed by atoms with van der Waals surface area (Å²) in [6, 6.07) is -0.334. The molecule has 0 aromatic heterocycles. The topological polar surface area (TPSA) is 40.4 Å². The largest absolute Gasteiger partial charge is 0.357 e. The minimum atomic E-state index is -0.334. The molecule has 4 heteroatoms. The van der Waals surface area contributed by atoms with Gasteiger partial charge in [0.1, 0.15) is 4.87 Å². The predicted molar refractivity (Wildman–Crippen MR) is 65.2 cm³/mol. The maximum atomic E-state index is 11.5. The van der Waals surface area contributed by atoms with Crippen LogP contribution in [0.2, 0.25) is 0 Å². The summed E-state index contributed by atoms with van der Waals surface area (Å²) < 4.78 is 0. The monoisotopic (exact) mass is 239 g/mol. The number of hydrogen-bond acceptors (Lipinski definition) is 2. The normalized spacial score (nSPS) is 27.2. The number of piperidine rings is 1. The van der Waals surface area contributed by atoms with Crippen molar-refractivity contribution in [2.45, 2.75) is 64.3 Å². The van der Waals surface area contributed by atoms with E-state index in [9.17, 15) is 9.70 Å². The lowest BCUT2D eigenvalue weighted by atomic mass is 9.84. The van der Waals surface area contributed by atoms with E-state index in [-0.39, 0.29) is 11.9 Å². The zero-order valence-electron chi connectivity index (χ0n) is 10.7. The molecule has 2 unspecified atom stereocenters. The molecule has 0 N–H and O–H groups in total. The zero-order valence-corrected chi connectivity index (χ0v) is 10.7. The number of nitrogens with zero attached hydrogens (tertiary/aromatic N) is 2. The lowest BCUT2D eigenvalue weighted by Gasteiger charge is -2.36. The average molecular weight is 239 g/mol. The fourth-order valence-electron chi connectivity index (χ4n) is 2.96. The van der Waals surface area contributed by atoms with Gasteiger partial charge in [0.15, 0.2) is 0 Å². The van der Waals surface area contributed by atoms with E-state index in [1.54, 1.807) is 0 Å². The molecule has 0 aliphatic carbocycles. The van der Waals surface area contributed by atoms with E-state index in [0.717, 1.165) is 17.7 Å². The number of hydrazine groups is 1. The number of amides is 1. The summed E-state index contributed by atoms with van der Waals surface area (Å²) in [5, 5.41) is 1.34. The predicted octanol–water partition coefficient (Wildman–Crippen LogP) is 2.66. The Hall–Kier alpha value is -0.930. The van der Waals surface area contributed by atoms with Crippen LogP contribution < -0.4 is 0 Å². The quantitative estimate of drug-likeness (QED) is 0.506. The molecule has 3 fully saturated rings. The minimum Gasteiger partial charge on any atom is -0.261 e. The SMILES string of the molecule is CCCCCCCCC1CCN2C(=O)C1[N+]2=O. The van der Waals surface area contributed by atoms with Crippen LogP contribution in [0, 0.1) is 10.8 Å². The van der Waals surface area contributed by atoms with Crippen LogP contribution >= 0.6 is 0 Å². The molecule has 4 nitrogen and oxygen atoms in total. The number of unbranched alkanes of at least 4 members (excludes halogenated alkanes) is 5. The number of carbonyl (C=O) groups excluding carboxylic acids is 1. The van der Waals surface area contributed by atoms with Crippen molar-refractivity contribution in [2.75, 3.05) is 6.54 Å². The first kappa shape index (κ1) is 12.5. The van der Waals surface area contributed by atoms with Crippen LogP contribution in [0.25, 0.3) is 0 Å². The van der Waals surface area contributed by atoms with Crippen LogP contribution in [0.1, 0.15) is 58.3 Å².